The minimum atomic E-state index is -0.514. The Balaban J connectivity index is 1.42. The largest absolute Gasteiger partial charge is 0.497 e. The van der Waals surface area contributed by atoms with Crippen molar-refractivity contribution in [2.24, 2.45) is 5.73 Å². The van der Waals surface area contributed by atoms with Crippen LogP contribution in [0.5, 0.6) is 5.75 Å². The summed E-state index contributed by atoms with van der Waals surface area (Å²) in [6.45, 7) is 1.91. The molecule has 4 rings (SSSR count). The van der Waals surface area contributed by atoms with Crippen LogP contribution in [0.15, 0.2) is 54.6 Å². The fourth-order valence-corrected chi connectivity index (χ4v) is 4.01. The van der Waals surface area contributed by atoms with Crippen LogP contribution in [0.4, 0.5) is 5.69 Å². The molecule has 1 unspecified atom stereocenters. The van der Waals surface area contributed by atoms with Crippen molar-refractivity contribution in [3.05, 3.63) is 65.9 Å². The third kappa shape index (κ3) is 5.06. The molecule has 0 aliphatic carbocycles. The number of hydrogen-bond donors (Lipinski definition) is 1. The minimum Gasteiger partial charge on any atom is -0.497 e. The second-order valence-electron chi connectivity index (χ2n) is 8.04. The number of aromatic nitrogens is 1. The predicted octanol–water partition coefficient (Wildman–Crippen LogP) is 2.77. The molecule has 1 aliphatic rings. The second kappa shape index (κ2) is 9.87. The molecule has 8 heteroatoms. The highest BCUT2D eigenvalue weighted by Crippen LogP contribution is 2.26. The van der Waals surface area contributed by atoms with Crippen LogP contribution in [0, 0.1) is 0 Å². The van der Waals surface area contributed by atoms with E-state index in [9.17, 15) is 9.59 Å². The lowest BCUT2D eigenvalue weighted by Crippen LogP contribution is -2.43. The molecule has 1 atom stereocenters. The Morgan fingerprint density at radius 1 is 1.21 bits per heavy atom. The van der Waals surface area contributed by atoms with E-state index < -0.39 is 12.0 Å². The lowest BCUT2D eigenvalue weighted by Gasteiger charge is -2.33. The first-order valence-corrected chi connectivity index (χ1v) is 10.9. The summed E-state index contributed by atoms with van der Waals surface area (Å²) in [6.07, 6.45) is -0.0304. The van der Waals surface area contributed by atoms with Gasteiger partial charge in [0.05, 0.1) is 37.0 Å². The lowest BCUT2D eigenvalue weighted by atomic mass is 10.0. The van der Waals surface area contributed by atoms with E-state index in [0.29, 0.717) is 54.8 Å². The average Bonchev–Trinajstić information content (AvgIpc) is 2.86. The van der Waals surface area contributed by atoms with Crippen LogP contribution in [0.3, 0.4) is 0 Å². The van der Waals surface area contributed by atoms with E-state index in [2.05, 4.69) is 4.98 Å². The van der Waals surface area contributed by atoms with Crippen LogP contribution < -0.4 is 15.4 Å². The Bertz CT molecular complexity index is 1150. The van der Waals surface area contributed by atoms with Gasteiger partial charge in [-0.05, 0) is 36.4 Å². The third-order valence-corrected chi connectivity index (χ3v) is 5.92. The summed E-state index contributed by atoms with van der Waals surface area (Å²) in [5.74, 6) is 0.337. The molecule has 2 heterocycles. The van der Waals surface area contributed by atoms with Gasteiger partial charge in [0.15, 0.2) is 0 Å². The SMILES string of the molecule is COc1ccc(N(C)CCC(=O)N2CCOC(c3cc(C(N)=O)c4ccccc4n3)C2)cc1. The number of morpholine rings is 1. The summed E-state index contributed by atoms with van der Waals surface area (Å²) in [6, 6.07) is 16.8. The first kappa shape index (κ1) is 22.5. The van der Waals surface area contributed by atoms with Crippen molar-refractivity contribution in [1.82, 2.24) is 9.88 Å². The molecule has 2 amide bonds. The van der Waals surface area contributed by atoms with E-state index >= 15 is 0 Å². The van der Waals surface area contributed by atoms with Gasteiger partial charge in [0.2, 0.25) is 11.8 Å². The zero-order valence-corrected chi connectivity index (χ0v) is 18.9. The van der Waals surface area contributed by atoms with Crippen LogP contribution in [-0.2, 0) is 9.53 Å². The standard InChI is InChI=1S/C25H28N4O4/c1-28(17-7-9-18(32-2)10-8-17)12-11-24(30)29-13-14-33-23(16-29)22-15-20(25(26)31)19-5-3-4-6-21(19)27-22/h3-10,15,23H,11-14,16H2,1-2H3,(H2,26,31). The zero-order chi connectivity index (χ0) is 23.4. The fourth-order valence-electron chi connectivity index (χ4n) is 4.01. The molecule has 2 aromatic carbocycles. The molecule has 1 aliphatic heterocycles. The van der Waals surface area contributed by atoms with Crippen molar-refractivity contribution >= 4 is 28.4 Å². The summed E-state index contributed by atoms with van der Waals surface area (Å²) in [7, 11) is 3.59. The van der Waals surface area contributed by atoms with Gasteiger partial charge in [-0.3, -0.25) is 9.59 Å². The first-order valence-electron chi connectivity index (χ1n) is 10.9. The van der Waals surface area contributed by atoms with Crippen molar-refractivity contribution in [2.75, 3.05) is 45.3 Å². The highest BCUT2D eigenvalue weighted by molar-refractivity contribution is 6.05. The van der Waals surface area contributed by atoms with Crippen molar-refractivity contribution in [1.29, 1.82) is 0 Å². The number of carbonyl (C=O) groups excluding carboxylic acids is 2. The molecule has 8 nitrogen and oxygen atoms in total. The Hall–Kier alpha value is -3.65. The summed E-state index contributed by atoms with van der Waals surface area (Å²) in [5, 5.41) is 0.707. The lowest BCUT2D eigenvalue weighted by molar-refractivity contribution is -0.138. The number of fused-ring (bicyclic) bond motifs is 1. The molecule has 0 bridgehead atoms. The Labute approximate surface area is 192 Å². The van der Waals surface area contributed by atoms with E-state index in [1.54, 1.807) is 18.1 Å². The molecule has 33 heavy (non-hydrogen) atoms. The summed E-state index contributed by atoms with van der Waals surface area (Å²) in [4.78, 5) is 33.4. The van der Waals surface area contributed by atoms with Crippen LogP contribution in [0.25, 0.3) is 10.9 Å². The Morgan fingerprint density at radius 3 is 2.70 bits per heavy atom. The van der Waals surface area contributed by atoms with Crippen LogP contribution >= 0.6 is 0 Å². The number of nitrogens with two attached hydrogens (primary N) is 1. The normalized spacial score (nSPS) is 15.9. The van der Waals surface area contributed by atoms with Gasteiger partial charge in [0.1, 0.15) is 11.9 Å². The van der Waals surface area contributed by atoms with Gasteiger partial charge in [-0.25, -0.2) is 4.98 Å². The Kier molecular flexibility index (Phi) is 6.74. The summed E-state index contributed by atoms with van der Waals surface area (Å²) < 4.78 is 11.1. The molecule has 1 aromatic heterocycles. The molecular weight excluding hydrogens is 420 g/mol. The number of ether oxygens (including phenoxy) is 2. The van der Waals surface area contributed by atoms with Crippen molar-refractivity contribution in [2.45, 2.75) is 12.5 Å². The second-order valence-corrected chi connectivity index (χ2v) is 8.04. The number of amides is 2. The molecule has 3 aromatic rings. The van der Waals surface area contributed by atoms with Gasteiger partial charge in [-0.2, -0.15) is 0 Å². The number of anilines is 1. The van der Waals surface area contributed by atoms with Crippen molar-refractivity contribution in [3.8, 4) is 5.75 Å². The van der Waals surface area contributed by atoms with Crippen molar-refractivity contribution in [3.63, 3.8) is 0 Å². The van der Waals surface area contributed by atoms with E-state index in [1.165, 1.54) is 0 Å². The third-order valence-electron chi connectivity index (χ3n) is 5.92. The van der Waals surface area contributed by atoms with E-state index in [0.717, 1.165) is 11.4 Å². The number of primary amides is 1. The number of nitrogens with zero attached hydrogens (tertiary/aromatic N) is 3. The van der Waals surface area contributed by atoms with Gasteiger partial charge in [-0.1, -0.05) is 18.2 Å². The molecule has 2 N–H and O–H groups in total. The van der Waals surface area contributed by atoms with Gasteiger partial charge in [0, 0.05) is 37.6 Å². The van der Waals surface area contributed by atoms with Crippen LogP contribution in [-0.4, -0.2) is 62.1 Å². The highest BCUT2D eigenvalue weighted by Gasteiger charge is 2.27. The highest BCUT2D eigenvalue weighted by atomic mass is 16.5. The number of carbonyl (C=O) groups is 2. The molecule has 0 saturated carbocycles. The topological polar surface area (TPSA) is 98.0 Å². The maximum absolute atomic E-state index is 12.9. The molecule has 1 saturated heterocycles. The Morgan fingerprint density at radius 2 is 1.97 bits per heavy atom. The number of methoxy groups -OCH3 is 1. The molecule has 0 radical (unpaired) electrons. The number of benzene rings is 2. The van der Waals surface area contributed by atoms with Gasteiger partial charge < -0.3 is 25.0 Å². The maximum Gasteiger partial charge on any atom is 0.249 e. The zero-order valence-electron chi connectivity index (χ0n) is 18.9. The van der Waals surface area contributed by atoms with E-state index in [-0.39, 0.29) is 5.91 Å². The predicted molar refractivity (Wildman–Crippen MR) is 126 cm³/mol. The smallest absolute Gasteiger partial charge is 0.249 e. The van der Waals surface area contributed by atoms with Crippen LogP contribution in [0.1, 0.15) is 28.6 Å². The number of rotatable bonds is 7. The number of pyridine rings is 1. The van der Waals surface area contributed by atoms with Gasteiger partial charge in [-0.15, -0.1) is 0 Å². The fraction of sp³-hybridized carbons (Fsp3) is 0.320. The molecular formula is C25H28N4O4. The minimum absolute atomic E-state index is 0.0552. The molecule has 172 valence electrons. The van der Waals surface area contributed by atoms with Gasteiger partial charge >= 0.3 is 0 Å². The average molecular weight is 449 g/mol. The van der Waals surface area contributed by atoms with Crippen molar-refractivity contribution < 1.29 is 19.1 Å². The first-order chi connectivity index (χ1) is 16.0. The quantitative estimate of drug-likeness (QED) is 0.597. The summed E-state index contributed by atoms with van der Waals surface area (Å²) >= 11 is 0. The summed E-state index contributed by atoms with van der Waals surface area (Å²) in [5.41, 5.74) is 8.31. The van der Waals surface area contributed by atoms with E-state index in [4.69, 9.17) is 15.2 Å². The van der Waals surface area contributed by atoms with Gasteiger partial charge in [0.25, 0.3) is 0 Å². The monoisotopic (exact) mass is 448 g/mol. The van der Waals surface area contributed by atoms with Crippen LogP contribution in [0.2, 0.25) is 0 Å². The molecule has 1 fully saturated rings. The number of hydrogen-bond acceptors (Lipinski definition) is 6. The maximum atomic E-state index is 12.9. The van der Waals surface area contributed by atoms with E-state index in [1.807, 2.05) is 60.5 Å². The molecule has 0 spiro atoms. The number of para-hydroxylation sites is 1.